The number of hydrogen-bond donors (Lipinski definition) is 3. The summed E-state index contributed by atoms with van der Waals surface area (Å²) in [7, 11) is 0. The lowest BCUT2D eigenvalue weighted by Crippen LogP contribution is -2.12. The zero-order valence-corrected chi connectivity index (χ0v) is 18.9. The van der Waals surface area contributed by atoms with E-state index in [2.05, 4.69) is 53.1 Å². The van der Waals surface area contributed by atoms with E-state index in [1.807, 2.05) is 36.4 Å². The Hall–Kier alpha value is -3.80. The van der Waals surface area contributed by atoms with Crippen molar-refractivity contribution in [3.63, 3.8) is 0 Å². The number of carbonyl (C=O) groups is 1. The minimum atomic E-state index is -0.634. The Balaban J connectivity index is 1.50. The van der Waals surface area contributed by atoms with Crippen molar-refractivity contribution in [2.75, 3.05) is 5.32 Å². The van der Waals surface area contributed by atoms with E-state index in [4.69, 9.17) is 10.5 Å². The highest BCUT2D eigenvalue weighted by Crippen LogP contribution is 2.27. The van der Waals surface area contributed by atoms with Gasteiger partial charge in [0.1, 0.15) is 17.1 Å². The largest absolute Gasteiger partial charge is 0.424 e. The SMILES string of the molecule is NC(=O)c1c(N=Cc2ccc(Oc3ncccn3)cc2)n[nH]c1Nc1cccc(CI)c1. The molecule has 0 spiro atoms. The maximum atomic E-state index is 12.1. The number of benzene rings is 2. The fraction of sp³-hybridized carbons (Fsp3) is 0.0455. The van der Waals surface area contributed by atoms with Crippen LogP contribution in [-0.4, -0.2) is 32.3 Å². The number of aromatic nitrogens is 4. The van der Waals surface area contributed by atoms with Gasteiger partial charge in [0, 0.05) is 28.7 Å². The van der Waals surface area contributed by atoms with Gasteiger partial charge in [0.05, 0.1) is 0 Å². The maximum absolute atomic E-state index is 12.1. The number of primary amides is 1. The molecular weight excluding hydrogens is 521 g/mol. The second-order valence-corrected chi connectivity index (χ2v) is 7.34. The fourth-order valence-corrected chi connectivity index (χ4v) is 3.30. The molecule has 0 atom stereocenters. The second kappa shape index (κ2) is 10.0. The maximum Gasteiger partial charge on any atom is 0.321 e. The quantitative estimate of drug-likeness (QED) is 0.172. The normalized spacial score (nSPS) is 10.9. The highest BCUT2D eigenvalue weighted by atomic mass is 127. The van der Waals surface area contributed by atoms with Crippen LogP contribution in [0.3, 0.4) is 0 Å². The van der Waals surface area contributed by atoms with Crippen LogP contribution >= 0.6 is 22.6 Å². The summed E-state index contributed by atoms with van der Waals surface area (Å²) in [6.45, 7) is 0. The van der Waals surface area contributed by atoms with E-state index in [1.54, 1.807) is 36.8 Å². The van der Waals surface area contributed by atoms with Gasteiger partial charge in [0.25, 0.3) is 5.91 Å². The summed E-state index contributed by atoms with van der Waals surface area (Å²) in [4.78, 5) is 24.4. The average molecular weight is 539 g/mol. The summed E-state index contributed by atoms with van der Waals surface area (Å²) in [6.07, 6.45) is 4.80. The predicted octanol–water partition coefficient (Wildman–Crippen LogP) is 4.52. The molecule has 0 bridgehead atoms. The van der Waals surface area contributed by atoms with E-state index in [0.717, 1.165) is 21.2 Å². The molecule has 160 valence electrons. The van der Waals surface area contributed by atoms with Crippen LogP contribution in [-0.2, 0) is 4.43 Å². The molecule has 4 N–H and O–H groups in total. The van der Waals surface area contributed by atoms with Crippen molar-refractivity contribution in [2.45, 2.75) is 4.43 Å². The first-order valence-corrected chi connectivity index (χ1v) is 11.0. The predicted molar refractivity (Wildman–Crippen MR) is 130 cm³/mol. The van der Waals surface area contributed by atoms with Gasteiger partial charge in [-0.25, -0.2) is 15.0 Å². The van der Waals surface area contributed by atoms with Gasteiger partial charge in [0.2, 0.25) is 0 Å². The van der Waals surface area contributed by atoms with Gasteiger partial charge in [0.15, 0.2) is 5.82 Å². The molecule has 0 fully saturated rings. The molecule has 2 heterocycles. The van der Waals surface area contributed by atoms with Crippen LogP contribution in [0, 0.1) is 0 Å². The summed E-state index contributed by atoms with van der Waals surface area (Å²) < 4.78 is 6.44. The summed E-state index contributed by atoms with van der Waals surface area (Å²) >= 11 is 2.29. The third-order valence-electron chi connectivity index (χ3n) is 4.31. The number of nitrogens with one attached hydrogen (secondary N) is 2. The number of H-pyrrole nitrogens is 1. The van der Waals surface area contributed by atoms with Gasteiger partial charge in [-0.05, 0) is 53.6 Å². The number of hydrogen-bond acceptors (Lipinski definition) is 7. The Bertz CT molecular complexity index is 1240. The Labute approximate surface area is 197 Å². The molecule has 0 aliphatic rings. The Kier molecular flexibility index (Phi) is 6.70. The lowest BCUT2D eigenvalue weighted by atomic mass is 10.2. The van der Waals surface area contributed by atoms with Gasteiger partial charge in [-0.15, -0.1) is 0 Å². The topological polar surface area (TPSA) is 131 Å². The summed E-state index contributed by atoms with van der Waals surface area (Å²) in [5, 5.41) is 10.1. The summed E-state index contributed by atoms with van der Waals surface area (Å²) in [6, 6.07) is 17.0. The first-order chi connectivity index (χ1) is 15.6. The molecule has 0 aliphatic heterocycles. The van der Waals surface area contributed by atoms with Crippen LogP contribution in [0.25, 0.3) is 0 Å². The van der Waals surface area contributed by atoms with Gasteiger partial charge in [-0.1, -0.05) is 34.7 Å². The second-order valence-electron chi connectivity index (χ2n) is 6.58. The van der Waals surface area contributed by atoms with Crippen LogP contribution in [0.15, 0.2) is 72.0 Å². The number of ether oxygens (including phenoxy) is 1. The zero-order valence-electron chi connectivity index (χ0n) is 16.7. The fourth-order valence-electron chi connectivity index (χ4n) is 2.83. The first-order valence-electron chi connectivity index (χ1n) is 9.51. The molecule has 0 saturated heterocycles. The molecule has 0 radical (unpaired) electrons. The average Bonchev–Trinajstić information content (AvgIpc) is 3.22. The van der Waals surface area contributed by atoms with Gasteiger partial charge < -0.3 is 15.8 Å². The number of halogens is 1. The van der Waals surface area contributed by atoms with E-state index in [1.165, 1.54) is 0 Å². The molecule has 4 aromatic rings. The number of nitrogens with two attached hydrogens (primary N) is 1. The monoisotopic (exact) mass is 539 g/mol. The number of carbonyl (C=O) groups excluding carboxylic acids is 1. The van der Waals surface area contributed by atoms with Gasteiger partial charge >= 0.3 is 6.01 Å². The molecule has 32 heavy (non-hydrogen) atoms. The van der Waals surface area contributed by atoms with Gasteiger partial charge in [-0.2, -0.15) is 5.10 Å². The van der Waals surface area contributed by atoms with Crippen molar-refractivity contribution in [1.29, 1.82) is 0 Å². The highest BCUT2D eigenvalue weighted by Gasteiger charge is 2.18. The van der Waals surface area contributed by atoms with Crippen LogP contribution in [0.5, 0.6) is 11.8 Å². The van der Waals surface area contributed by atoms with Crippen LogP contribution in [0.4, 0.5) is 17.3 Å². The lowest BCUT2D eigenvalue weighted by Gasteiger charge is -2.06. The van der Waals surface area contributed by atoms with Crippen molar-refractivity contribution in [3.8, 4) is 11.8 Å². The van der Waals surface area contributed by atoms with Crippen molar-refractivity contribution in [1.82, 2.24) is 20.2 Å². The Morgan fingerprint density at radius 1 is 1.16 bits per heavy atom. The Morgan fingerprint density at radius 2 is 1.94 bits per heavy atom. The van der Waals surface area contributed by atoms with E-state index in [9.17, 15) is 4.79 Å². The van der Waals surface area contributed by atoms with Crippen molar-refractivity contribution >= 4 is 52.0 Å². The number of nitrogens with zero attached hydrogens (tertiary/aromatic N) is 4. The van der Waals surface area contributed by atoms with Gasteiger partial charge in [-0.3, -0.25) is 9.89 Å². The van der Waals surface area contributed by atoms with Crippen LogP contribution in [0.2, 0.25) is 0 Å². The minimum absolute atomic E-state index is 0.183. The number of aliphatic imine (C=N–C) groups is 1. The number of anilines is 2. The van der Waals surface area contributed by atoms with Crippen LogP contribution in [0.1, 0.15) is 21.5 Å². The third-order valence-corrected chi connectivity index (χ3v) is 5.19. The molecule has 4 rings (SSSR count). The summed E-state index contributed by atoms with van der Waals surface area (Å²) in [5.74, 6) is 0.543. The molecule has 1 amide bonds. The third kappa shape index (κ3) is 5.27. The molecule has 0 unspecified atom stereocenters. The number of amides is 1. The minimum Gasteiger partial charge on any atom is -0.424 e. The molecule has 9 nitrogen and oxygen atoms in total. The van der Waals surface area contributed by atoms with Crippen molar-refractivity contribution in [3.05, 3.63) is 83.7 Å². The molecule has 2 aromatic heterocycles. The van der Waals surface area contributed by atoms with Crippen LogP contribution < -0.4 is 15.8 Å². The molecule has 2 aromatic carbocycles. The lowest BCUT2D eigenvalue weighted by molar-refractivity contribution is 0.100. The van der Waals surface area contributed by atoms with E-state index in [0.29, 0.717) is 11.6 Å². The van der Waals surface area contributed by atoms with E-state index in [-0.39, 0.29) is 17.4 Å². The highest BCUT2D eigenvalue weighted by molar-refractivity contribution is 14.1. The molecular formula is C22H18IN7O2. The molecule has 0 aliphatic carbocycles. The standard InChI is InChI=1S/C22H18IN7O2/c23-12-15-3-1-4-16(11-15)28-21-18(19(24)31)20(29-30-21)27-13-14-5-7-17(8-6-14)32-22-25-9-2-10-26-22/h1-11,13H,12H2,(H2,24,31)(H2,28,29,30). The number of aromatic amines is 1. The number of alkyl halides is 1. The zero-order chi connectivity index (χ0) is 22.3. The Morgan fingerprint density at radius 3 is 2.66 bits per heavy atom. The van der Waals surface area contributed by atoms with E-state index < -0.39 is 5.91 Å². The molecule has 0 saturated carbocycles. The summed E-state index contributed by atoms with van der Waals surface area (Å²) in [5.41, 5.74) is 8.53. The van der Waals surface area contributed by atoms with E-state index >= 15 is 0 Å². The smallest absolute Gasteiger partial charge is 0.321 e. The molecule has 10 heteroatoms. The van der Waals surface area contributed by atoms with Crippen molar-refractivity contribution < 1.29 is 9.53 Å². The first kappa shape index (κ1) is 21.4. The van der Waals surface area contributed by atoms with Crippen molar-refractivity contribution in [2.24, 2.45) is 10.7 Å². The number of rotatable bonds is 8.